The number of aliphatic hydroxyl groups excluding tert-OH is 1. The van der Waals surface area contributed by atoms with Gasteiger partial charge in [0, 0.05) is 74.7 Å². The highest BCUT2D eigenvalue weighted by molar-refractivity contribution is 6.31. The van der Waals surface area contributed by atoms with E-state index in [1.807, 2.05) is 36.4 Å². The zero-order valence-electron chi connectivity index (χ0n) is 18.0. The summed E-state index contributed by atoms with van der Waals surface area (Å²) in [6, 6.07) is 14.5. The summed E-state index contributed by atoms with van der Waals surface area (Å²) in [7, 11) is 0. The van der Waals surface area contributed by atoms with Gasteiger partial charge < -0.3 is 20.6 Å². The van der Waals surface area contributed by atoms with Gasteiger partial charge in [-0.1, -0.05) is 23.7 Å². The third kappa shape index (κ3) is 5.86. The van der Waals surface area contributed by atoms with Crippen LogP contribution in [0.25, 0.3) is 10.9 Å². The molecule has 2 aromatic carbocycles. The summed E-state index contributed by atoms with van der Waals surface area (Å²) < 4.78 is 14.0. The lowest BCUT2D eigenvalue weighted by Gasteiger charge is -2.37. The lowest BCUT2D eigenvalue weighted by Crippen LogP contribution is -2.50. The molecule has 170 valence electrons. The topological polar surface area (TPSA) is 63.7 Å². The molecule has 2 heterocycles. The number of para-hydroxylation sites is 1. The minimum atomic E-state index is -0.445. The van der Waals surface area contributed by atoms with Gasteiger partial charge in [0.05, 0.1) is 17.3 Å². The van der Waals surface area contributed by atoms with Crippen LogP contribution in [0.3, 0.4) is 0 Å². The molecule has 0 amide bonds. The highest BCUT2D eigenvalue weighted by Gasteiger charge is 2.20. The van der Waals surface area contributed by atoms with E-state index >= 15 is 0 Å². The van der Waals surface area contributed by atoms with Gasteiger partial charge >= 0.3 is 0 Å². The van der Waals surface area contributed by atoms with Crippen LogP contribution >= 0.6 is 11.6 Å². The van der Waals surface area contributed by atoms with Gasteiger partial charge in [-0.3, -0.25) is 9.88 Å². The Morgan fingerprint density at radius 2 is 1.88 bits per heavy atom. The Kier molecular flexibility index (Phi) is 7.76. The fourth-order valence-corrected chi connectivity index (χ4v) is 4.24. The van der Waals surface area contributed by atoms with E-state index in [0.717, 1.165) is 55.9 Å². The summed E-state index contributed by atoms with van der Waals surface area (Å²) in [5, 5.41) is 18.8. The van der Waals surface area contributed by atoms with E-state index in [1.165, 1.54) is 6.07 Å². The second-order valence-electron chi connectivity index (χ2n) is 8.04. The Bertz CT molecular complexity index is 1030. The van der Waals surface area contributed by atoms with Crippen LogP contribution in [0.1, 0.15) is 0 Å². The molecule has 1 aliphatic rings. The van der Waals surface area contributed by atoms with E-state index in [4.69, 9.17) is 11.6 Å². The number of pyridine rings is 1. The van der Waals surface area contributed by atoms with Gasteiger partial charge in [-0.2, -0.15) is 0 Å². The van der Waals surface area contributed by atoms with Gasteiger partial charge in [0.25, 0.3) is 0 Å². The van der Waals surface area contributed by atoms with Crippen LogP contribution < -0.4 is 15.5 Å². The number of rotatable bonds is 9. The number of anilines is 2. The number of halogens is 2. The fourth-order valence-electron chi connectivity index (χ4n) is 4.07. The maximum absolute atomic E-state index is 14.0. The first-order chi connectivity index (χ1) is 15.6. The minimum absolute atomic E-state index is 0.178. The van der Waals surface area contributed by atoms with Crippen molar-refractivity contribution in [2.75, 3.05) is 62.6 Å². The predicted octanol–water partition coefficient (Wildman–Crippen LogP) is 3.21. The third-order valence-electron chi connectivity index (χ3n) is 5.74. The zero-order valence-corrected chi connectivity index (χ0v) is 18.7. The van der Waals surface area contributed by atoms with Crippen molar-refractivity contribution in [1.29, 1.82) is 0 Å². The largest absolute Gasteiger partial charge is 0.390 e. The van der Waals surface area contributed by atoms with Crippen molar-refractivity contribution in [3.63, 3.8) is 0 Å². The molecule has 8 heteroatoms. The van der Waals surface area contributed by atoms with E-state index in [-0.39, 0.29) is 5.82 Å². The van der Waals surface area contributed by atoms with Gasteiger partial charge in [-0.05, 0) is 36.4 Å². The van der Waals surface area contributed by atoms with E-state index in [0.29, 0.717) is 23.8 Å². The number of fused-ring (bicyclic) bond motifs is 1. The lowest BCUT2D eigenvalue weighted by atomic mass is 10.2. The molecule has 3 N–H and O–H groups in total. The Hall–Kier alpha value is -2.45. The number of piperazine rings is 1. The SMILES string of the molecule is OC(CNCCNc1ccnc2cc(Cl)ccc12)CN1CCN(c2ccccc2F)CC1. The van der Waals surface area contributed by atoms with Crippen molar-refractivity contribution in [2.24, 2.45) is 0 Å². The number of hydrogen-bond donors (Lipinski definition) is 3. The van der Waals surface area contributed by atoms with Gasteiger partial charge in [-0.15, -0.1) is 0 Å². The summed E-state index contributed by atoms with van der Waals surface area (Å²) in [5.74, 6) is -0.178. The number of aliphatic hydroxyl groups is 1. The van der Waals surface area contributed by atoms with Crippen LogP contribution in [0.15, 0.2) is 54.7 Å². The molecule has 0 radical (unpaired) electrons. The van der Waals surface area contributed by atoms with Gasteiger partial charge in [0.1, 0.15) is 5.82 Å². The molecule has 0 saturated carbocycles. The molecule has 4 rings (SSSR count). The van der Waals surface area contributed by atoms with Gasteiger partial charge in [-0.25, -0.2) is 4.39 Å². The van der Waals surface area contributed by atoms with Crippen molar-refractivity contribution in [3.8, 4) is 0 Å². The summed E-state index contributed by atoms with van der Waals surface area (Å²) >= 11 is 6.04. The van der Waals surface area contributed by atoms with E-state index in [2.05, 4.69) is 25.4 Å². The smallest absolute Gasteiger partial charge is 0.146 e. The highest BCUT2D eigenvalue weighted by Crippen LogP contribution is 2.24. The first-order valence-electron chi connectivity index (χ1n) is 11.0. The fraction of sp³-hybridized carbons (Fsp3) is 0.375. The number of aromatic nitrogens is 1. The minimum Gasteiger partial charge on any atom is -0.390 e. The highest BCUT2D eigenvalue weighted by atomic mass is 35.5. The lowest BCUT2D eigenvalue weighted by molar-refractivity contribution is 0.108. The third-order valence-corrected chi connectivity index (χ3v) is 5.97. The average Bonchev–Trinajstić information content (AvgIpc) is 2.79. The molecule has 1 aromatic heterocycles. The molecule has 0 bridgehead atoms. The molecule has 0 spiro atoms. The van der Waals surface area contributed by atoms with Crippen LogP contribution in [0.5, 0.6) is 0 Å². The predicted molar refractivity (Wildman–Crippen MR) is 129 cm³/mol. The van der Waals surface area contributed by atoms with Crippen LogP contribution in [-0.2, 0) is 0 Å². The van der Waals surface area contributed by atoms with Crippen LogP contribution in [-0.4, -0.2) is 73.5 Å². The van der Waals surface area contributed by atoms with Crippen molar-refractivity contribution in [3.05, 3.63) is 65.6 Å². The molecule has 1 aliphatic heterocycles. The second kappa shape index (κ2) is 10.9. The number of β-amino-alcohol motifs (C(OH)–C–C–N with tert-alkyl or cyclic N) is 1. The zero-order chi connectivity index (χ0) is 22.3. The number of benzene rings is 2. The Morgan fingerprint density at radius 3 is 2.69 bits per heavy atom. The summed E-state index contributed by atoms with van der Waals surface area (Å²) in [5.41, 5.74) is 2.54. The standard InChI is InChI=1S/C24H29ClFN5O/c25-18-5-6-20-22(7-8-28-23(20)15-18)29-10-9-27-16-19(32)17-30-11-13-31(14-12-30)24-4-2-1-3-21(24)26/h1-8,15,19,27,32H,9-14,16-17H2,(H,28,29). The molecule has 1 saturated heterocycles. The number of nitrogens with zero attached hydrogens (tertiary/aromatic N) is 3. The molecular weight excluding hydrogens is 429 g/mol. The molecule has 1 atom stereocenters. The Morgan fingerprint density at radius 1 is 1.06 bits per heavy atom. The van der Waals surface area contributed by atoms with Crippen LogP contribution in [0, 0.1) is 5.82 Å². The maximum Gasteiger partial charge on any atom is 0.146 e. The molecule has 3 aromatic rings. The molecular formula is C24H29ClFN5O. The Labute approximate surface area is 193 Å². The average molecular weight is 458 g/mol. The van der Waals surface area contributed by atoms with E-state index in [1.54, 1.807) is 12.3 Å². The first kappa shape index (κ1) is 22.7. The maximum atomic E-state index is 14.0. The van der Waals surface area contributed by atoms with E-state index < -0.39 is 6.10 Å². The van der Waals surface area contributed by atoms with Gasteiger partial charge in [0.2, 0.25) is 0 Å². The van der Waals surface area contributed by atoms with Crippen molar-refractivity contribution >= 4 is 33.9 Å². The van der Waals surface area contributed by atoms with Crippen LogP contribution in [0.4, 0.5) is 15.8 Å². The summed E-state index contributed by atoms with van der Waals surface area (Å²) in [6.07, 6.45) is 1.32. The quantitative estimate of drug-likeness (QED) is 0.429. The number of hydrogen-bond acceptors (Lipinski definition) is 6. The molecule has 6 nitrogen and oxygen atoms in total. The van der Waals surface area contributed by atoms with E-state index in [9.17, 15) is 9.50 Å². The Balaban J connectivity index is 1.14. The van der Waals surface area contributed by atoms with Gasteiger partial charge in [0.15, 0.2) is 0 Å². The molecule has 1 unspecified atom stereocenters. The normalized spacial score (nSPS) is 15.8. The number of nitrogens with one attached hydrogen (secondary N) is 2. The molecule has 32 heavy (non-hydrogen) atoms. The van der Waals surface area contributed by atoms with Crippen molar-refractivity contribution in [1.82, 2.24) is 15.2 Å². The monoisotopic (exact) mass is 457 g/mol. The molecule has 1 fully saturated rings. The van der Waals surface area contributed by atoms with Crippen LogP contribution in [0.2, 0.25) is 5.02 Å². The first-order valence-corrected chi connectivity index (χ1v) is 11.4. The van der Waals surface area contributed by atoms with Crippen molar-refractivity contribution < 1.29 is 9.50 Å². The second-order valence-corrected chi connectivity index (χ2v) is 8.48. The summed E-state index contributed by atoms with van der Waals surface area (Å²) in [4.78, 5) is 8.65. The van der Waals surface area contributed by atoms with Crippen molar-refractivity contribution in [2.45, 2.75) is 6.10 Å². The summed E-state index contributed by atoms with van der Waals surface area (Å²) in [6.45, 7) is 5.75. The molecule has 0 aliphatic carbocycles.